The number of fused-ring (bicyclic) bond motifs is 1. The van der Waals surface area contributed by atoms with Crippen molar-refractivity contribution in [3.8, 4) is 0 Å². The summed E-state index contributed by atoms with van der Waals surface area (Å²) in [5.41, 5.74) is 5.05. The number of Topliss-reactive ketones (excluding diaryl/α,β-unsaturated/α-hetero) is 1. The Morgan fingerprint density at radius 1 is 1.06 bits per heavy atom. The van der Waals surface area contributed by atoms with Crippen LogP contribution in [0.2, 0.25) is 0 Å². The number of hydrogen-bond donors (Lipinski definition) is 3. The Morgan fingerprint density at radius 2 is 1.51 bits per heavy atom. The summed E-state index contributed by atoms with van der Waals surface area (Å²) in [5, 5.41) is 0. The first kappa shape index (κ1) is 34.0. The van der Waals surface area contributed by atoms with Gasteiger partial charge >= 0.3 is 51.4 Å². The standard InChI is InChI=1S/C11H13NO3S.C6H8N2O3S.C5H10O.K/c1-7-11(2,3)9-6-8(16(13,14)15)4-5-10(9)12-7;7-8-5-1-3-6(4-2-5)12(9,10)11;1-4(2)5(3)6;/h4-6H,1-3H3,(H,13,14,15);1-4,8H,7H2,(H,9,10,11);4H,1-3H3;/q;;;+1/p-1. The van der Waals surface area contributed by atoms with Crippen LogP contribution in [-0.2, 0) is 30.4 Å². The SMILES string of the molecule is CC(=O)C(C)C.CC1=Nc2ccc(S(=O)(=O)[O-])cc2C1(C)C.NNc1ccc(S(=O)(=O)O)cc1.[K+]. The van der Waals surface area contributed by atoms with Crippen LogP contribution < -0.4 is 62.7 Å². The Morgan fingerprint density at radius 3 is 1.89 bits per heavy atom. The second-order valence-corrected chi connectivity index (χ2v) is 11.2. The number of carbonyl (C=O) groups is 1. The average molecular weight is 552 g/mol. The van der Waals surface area contributed by atoms with Crippen molar-refractivity contribution in [2.75, 3.05) is 5.43 Å². The van der Waals surface area contributed by atoms with Crippen LogP contribution in [-0.4, -0.2) is 37.4 Å². The number of anilines is 1. The maximum Gasteiger partial charge on any atom is 1.00 e. The number of nitrogens with two attached hydrogens (primary N) is 1. The van der Waals surface area contributed by atoms with Crippen LogP contribution in [0.25, 0.3) is 0 Å². The summed E-state index contributed by atoms with van der Waals surface area (Å²) < 4.78 is 62.4. The number of nitrogen functional groups attached to an aromatic ring is 1. The number of nitrogens with one attached hydrogen (secondary N) is 1. The van der Waals surface area contributed by atoms with Gasteiger partial charge in [-0.2, -0.15) is 8.42 Å². The Kier molecular flexibility index (Phi) is 13.1. The van der Waals surface area contributed by atoms with Crippen LogP contribution in [0.3, 0.4) is 0 Å². The fraction of sp³-hybridized carbons (Fsp3) is 0.364. The molecule has 0 aliphatic carbocycles. The van der Waals surface area contributed by atoms with E-state index in [0.29, 0.717) is 5.69 Å². The van der Waals surface area contributed by atoms with Crippen molar-refractivity contribution in [2.45, 2.75) is 56.7 Å². The molecular weight excluding hydrogens is 521 g/mol. The van der Waals surface area contributed by atoms with Gasteiger partial charge in [-0.3, -0.25) is 20.2 Å². The third kappa shape index (κ3) is 10.1. The number of nitrogens with zero attached hydrogens (tertiary/aromatic N) is 1. The molecule has 1 heterocycles. The van der Waals surface area contributed by atoms with E-state index in [9.17, 15) is 26.2 Å². The molecule has 1 aliphatic rings. The van der Waals surface area contributed by atoms with Gasteiger partial charge in [0.05, 0.1) is 15.5 Å². The molecule has 0 bridgehead atoms. The van der Waals surface area contributed by atoms with E-state index in [1.807, 2.05) is 34.6 Å². The first-order valence-corrected chi connectivity index (χ1v) is 13.0. The van der Waals surface area contributed by atoms with E-state index in [1.54, 1.807) is 13.0 Å². The minimum Gasteiger partial charge on any atom is -0.744 e. The molecule has 188 valence electrons. The van der Waals surface area contributed by atoms with Crippen molar-refractivity contribution >= 4 is 43.1 Å². The molecule has 0 unspecified atom stereocenters. The fourth-order valence-corrected chi connectivity index (χ4v) is 3.48. The molecule has 3 rings (SSSR count). The van der Waals surface area contributed by atoms with E-state index in [0.717, 1.165) is 17.0 Å². The Labute approximate surface area is 249 Å². The zero-order valence-corrected chi connectivity index (χ0v) is 25.6. The van der Waals surface area contributed by atoms with E-state index < -0.39 is 20.2 Å². The molecule has 2 aromatic rings. The van der Waals surface area contributed by atoms with Crippen molar-refractivity contribution < 1.29 is 82.1 Å². The molecule has 0 saturated heterocycles. The Hall–Kier alpha value is -1.00. The summed E-state index contributed by atoms with van der Waals surface area (Å²) in [6.45, 7) is 11.2. The number of carbonyl (C=O) groups excluding carboxylic acids is 1. The second-order valence-electron chi connectivity index (χ2n) is 8.36. The number of aliphatic imine (C=N–C) groups is 1. The van der Waals surface area contributed by atoms with E-state index >= 15 is 0 Å². The molecule has 13 heteroatoms. The van der Waals surface area contributed by atoms with Crippen molar-refractivity contribution in [1.82, 2.24) is 0 Å². The van der Waals surface area contributed by atoms with Crippen LogP contribution in [0.15, 0.2) is 57.2 Å². The Bertz CT molecular complexity index is 1270. The van der Waals surface area contributed by atoms with Crippen LogP contribution in [0.1, 0.15) is 47.1 Å². The summed E-state index contributed by atoms with van der Waals surface area (Å²) in [6.07, 6.45) is 0. The zero-order chi connectivity index (χ0) is 26.5. The molecule has 0 amide bonds. The first-order chi connectivity index (χ1) is 15.4. The van der Waals surface area contributed by atoms with Crippen LogP contribution in [0.5, 0.6) is 0 Å². The Balaban J connectivity index is 0.000000540. The van der Waals surface area contributed by atoms with Crippen molar-refractivity contribution in [3.05, 3.63) is 48.0 Å². The molecular formula is C22H30KN3O7S2. The molecule has 0 saturated carbocycles. The zero-order valence-electron chi connectivity index (χ0n) is 20.9. The van der Waals surface area contributed by atoms with Crippen molar-refractivity contribution in [2.24, 2.45) is 16.8 Å². The second kappa shape index (κ2) is 13.5. The number of hydrazine groups is 1. The number of rotatable bonds is 4. The molecule has 0 fully saturated rings. The first-order valence-electron chi connectivity index (χ1n) is 10.1. The molecule has 2 aromatic carbocycles. The molecule has 0 atom stereocenters. The van der Waals surface area contributed by atoms with Gasteiger partial charge in [0.1, 0.15) is 15.9 Å². The van der Waals surface area contributed by atoms with Gasteiger partial charge < -0.3 is 9.98 Å². The topological polar surface area (TPSA) is 179 Å². The van der Waals surface area contributed by atoms with E-state index in [1.165, 1.54) is 36.4 Å². The molecule has 4 N–H and O–H groups in total. The normalized spacial score (nSPS) is 13.7. The third-order valence-corrected chi connectivity index (χ3v) is 6.95. The van der Waals surface area contributed by atoms with Gasteiger partial charge in [0, 0.05) is 22.7 Å². The maximum atomic E-state index is 10.9. The average Bonchev–Trinajstić information content (AvgIpc) is 2.96. The minimum absolute atomic E-state index is 0. The van der Waals surface area contributed by atoms with Crippen LogP contribution in [0.4, 0.5) is 11.4 Å². The molecule has 10 nitrogen and oxygen atoms in total. The van der Waals surface area contributed by atoms with Gasteiger partial charge in [-0.25, -0.2) is 8.42 Å². The summed E-state index contributed by atoms with van der Waals surface area (Å²) in [7, 11) is -8.49. The summed E-state index contributed by atoms with van der Waals surface area (Å²) >= 11 is 0. The van der Waals surface area contributed by atoms with Gasteiger partial charge in [-0.15, -0.1) is 0 Å². The van der Waals surface area contributed by atoms with Crippen molar-refractivity contribution in [1.29, 1.82) is 0 Å². The molecule has 0 radical (unpaired) electrons. The van der Waals surface area contributed by atoms with E-state index in [4.69, 9.17) is 10.4 Å². The van der Waals surface area contributed by atoms with Crippen LogP contribution in [0, 0.1) is 5.92 Å². The maximum absolute atomic E-state index is 10.9. The van der Waals surface area contributed by atoms with E-state index in [2.05, 4.69) is 10.4 Å². The number of benzene rings is 2. The van der Waals surface area contributed by atoms with Gasteiger partial charge in [0.25, 0.3) is 10.1 Å². The van der Waals surface area contributed by atoms with Gasteiger partial charge in [-0.05, 0) is 61.9 Å². The summed E-state index contributed by atoms with van der Waals surface area (Å²) in [5.74, 6) is 5.52. The fourth-order valence-electron chi connectivity index (χ4n) is 2.51. The smallest absolute Gasteiger partial charge is 0.744 e. The number of hydrogen-bond acceptors (Lipinski definition) is 9. The van der Waals surface area contributed by atoms with E-state index in [-0.39, 0.29) is 78.3 Å². The summed E-state index contributed by atoms with van der Waals surface area (Å²) in [4.78, 5) is 14.1. The molecule has 0 aromatic heterocycles. The predicted molar refractivity (Wildman–Crippen MR) is 130 cm³/mol. The predicted octanol–water partition coefficient (Wildman–Crippen LogP) is 0.429. The molecule has 0 spiro atoms. The molecule has 35 heavy (non-hydrogen) atoms. The van der Waals surface area contributed by atoms with Gasteiger partial charge in [0.15, 0.2) is 0 Å². The van der Waals surface area contributed by atoms with Crippen LogP contribution >= 0.6 is 0 Å². The monoisotopic (exact) mass is 551 g/mol. The van der Waals surface area contributed by atoms with Gasteiger partial charge in [0.2, 0.25) is 0 Å². The largest absolute Gasteiger partial charge is 1.00 e. The number of ketones is 1. The minimum atomic E-state index is -4.39. The van der Waals surface area contributed by atoms with Crippen molar-refractivity contribution in [3.63, 3.8) is 0 Å². The summed E-state index contributed by atoms with van der Waals surface area (Å²) in [6, 6.07) is 9.72. The van der Waals surface area contributed by atoms with Gasteiger partial charge in [-0.1, -0.05) is 27.7 Å². The quantitative estimate of drug-likeness (QED) is 0.210. The molecule has 1 aliphatic heterocycles. The third-order valence-electron chi connectivity index (χ3n) is 5.25.